The summed E-state index contributed by atoms with van der Waals surface area (Å²) in [6, 6.07) is 12.5. The van der Waals surface area contributed by atoms with Gasteiger partial charge in [-0.15, -0.1) is 0 Å². The number of hydrogen-bond acceptors (Lipinski definition) is 2. The molecule has 0 unspecified atom stereocenters. The molecule has 0 saturated carbocycles. The van der Waals surface area contributed by atoms with Crippen LogP contribution in [0, 0.1) is 6.92 Å². The van der Waals surface area contributed by atoms with Gasteiger partial charge in [0.2, 0.25) is 0 Å². The Balaban J connectivity index is 2.56. The standard InChI is InChI=1S/C17H18O2/c1-11(2)14-9-10-15(18)16(12(14)3)17(19)13-7-5-4-6-8-13/h4-11,18H,1-3H3. The smallest absolute Gasteiger partial charge is 0.197 e. The number of carbonyl (C=O) groups excluding carboxylic acids is 1. The Kier molecular flexibility index (Phi) is 3.70. The topological polar surface area (TPSA) is 37.3 Å². The van der Waals surface area contributed by atoms with Gasteiger partial charge in [0.05, 0.1) is 5.56 Å². The molecule has 2 aromatic carbocycles. The third-order valence-electron chi connectivity index (χ3n) is 3.37. The minimum atomic E-state index is -0.127. The lowest BCUT2D eigenvalue weighted by Gasteiger charge is -2.15. The van der Waals surface area contributed by atoms with Gasteiger partial charge in [0.1, 0.15) is 5.75 Å². The third kappa shape index (κ3) is 2.53. The van der Waals surface area contributed by atoms with E-state index in [0.29, 0.717) is 17.0 Å². The first kappa shape index (κ1) is 13.3. The molecule has 0 amide bonds. The maximum Gasteiger partial charge on any atom is 0.197 e. The molecule has 0 aliphatic rings. The van der Waals surface area contributed by atoms with Crippen LogP contribution in [0.25, 0.3) is 0 Å². The minimum Gasteiger partial charge on any atom is -0.507 e. The number of rotatable bonds is 3. The van der Waals surface area contributed by atoms with Crippen molar-refractivity contribution in [3.05, 3.63) is 64.7 Å². The molecule has 0 atom stereocenters. The molecular weight excluding hydrogens is 236 g/mol. The van der Waals surface area contributed by atoms with Crippen molar-refractivity contribution in [2.24, 2.45) is 0 Å². The zero-order chi connectivity index (χ0) is 14.0. The van der Waals surface area contributed by atoms with Crippen LogP contribution in [-0.2, 0) is 0 Å². The van der Waals surface area contributed by atoms with E-state index in [0.717, 1.165) is 11.1 Å². The Labute approximate surface area is 113 Å². The van der Waals surface area contributed by atoms with Crippen molar-refractivity contribution in [2.75, 3.05) is 0 Å². The molecule has 0 aromatic heterocycles. The van der Waals surface area contributed by atoms with E-state index < -0.39 is 0 Å². The van der Waals surface area contributed by atoms with E-state index in [1.807, 2.05) is 31.2 Å². The van der Waals surface area contributed by atoms with Crippen LogP contribution in [0.1, 0.15) is 46.8 Å². The van der Waals surface area contributed by atoms with Crippen LogP contribution >= 0.6 is 0 Å². The van der Waals surface area contributed by atoms with Crippen LogP contribution in [0.15, 0.2) is 42.5 Å². The average Bonchev–Trinajstić information content (AvgIpc) is 2.39. The van der Waals surface area contributed by atoms with E-state index in [4.69, 9.17) is 0 Å². The first-order valence-electron chi connectivity index (χ1n) is 6.44. The van der Waals surface area contributed by atoms with Crippen LogP contribution in [0.4, 0.5) is 0 Å². The van der Waals surface area contributed by atoms with E-state index in [1.54, 1.807) is 18.2 Å². The molecule has 0 saturated heterocycles. The summed E-state index contributed by atoms with van der Waals surface area (Å²) in [5, 5.41) is 10.0. The molecule has 0 aliphatic carbocycles. The van der Waals surface area contributed by atoms with Crippen molar-refractivity contribution in [1.29, 1.82) is 0 Å². The largest absolute Gasteiger partial charge is 0.507 e. The minimum absolute atomic E-state index is 0.0516. The summed E-state index contributed by atoms with van der Waals surface area (Å²) in [4.78, 5) is 12.5. The lowest BCUT2D eigenvalue weighted by Crippen LogP contribution is -2.07. The Morgan fingerprint density at radius 1 is 1.05 bits per heavy atom. The highest BCUT2D eigenvalue weighted by atomic mass is 16.3. The second-order valence-corrected chi connectivity index (χ2v) is 5.02. The fourth-order valence-electron chi connectivity index (χ4n) is 2.36. The van der Waals surface area contributed by atoms with Crippen molar-refractivity contribution >= 4 is 5.78 Å². The summed E-state index contributed by atoms with van der Waals surface area (Å²) >= 11 is 0. The highest BCUT2D eigenvalue weighted by Crippen LogP contribution is 2.30. The van der Waals surface area contributed by atoms with Gasteiger partial charge in [0.15, 0.2) is 5.78 Å². The van der Waals surface area contributed by atoms with Crippen molar-refractivity contribution in [1.82, 2.24) is 0 Å². The molecule has 0 bridgehead atoms. The molecule has 1 N–H and O–H groups in total. The molecule has 2 heteroatoms. The predicted molar refractivity (Wildman–Crippen MR) is 76.8 cm³/mol. The number of ketones is 1. The van der Waals surface area contributed by atoms with E-state index >= 15 is 0 Å². The maximum absolute atomic E-state index is 12.5. The molecule has 0 spiro atoms. The Hall–Kier alpha value is -2.09. The normalized spacial score (nSPS) is 10.7. The van der Waals surface area contributed by atoms with E-state index in [1.165, 1.54) is 0 Å². The van der Waals surface area contributed by atoms with Crippen molar-refractivity contribution in [3.63, 3.8) is 0 Å². The monoisotopic (exact) mass is 254 g/mol. The van der Waals surface area contributed by atoms with Crippen molar-refractivity contribution in [2.45, 2.75) is 26.7 Å². The molecule has 2 nitrogen and oxygen atoms in total. The Morgan fingerprint density at radius 3 is 2.26 bits per heavy atom. The van der Waals surface area contributed by atoms with Gasteiger partial charge in [-0.2, -0.15) is 0 Å². The molecule has 0 fully saturated rings. The van der Waals surface area contributed by atoms with Gasteiger partial charge in [0.25, 0.3) is 0 Å². The number of phenolic OH excluding ortho intramolecular Hbond substituents is 1. The molecule has 0 heterocycles. The zero-order valence-electron chi connectivity index (χ0n) is 11.5. The van der Waals surface area contributed by atoms with Crippen molar-refractivity contribution in [3.8, 4) is 5.75 Å². The fourth-order valence-corrected chi connectivity index (χ4v) is 2.36. The number of phenols is 1. The Bertz CT molecular complexity index is 598. The highest BCUT2D eigenvalue weighted by molar-refractivity contribution is 6.11. The van der Waals surface area contributed by atoms with Crippen LogP contribution < -0.4 is 0 Å². The van der Waals surface area contributed by atoms with Gasteiger partial charge in [-0.05, 0) is 30.0 Å². The molecule has 0 aliphatic heterocycles. The van der Waals surface area contributed by atoms with E-state index in [-0.39, 0.29) is 11.5 Å². The molecule has 98 valence electrons. The summed E-state index contributed by atoms with van der Waals surface area (Å²) in [7, 11) is 0. The van der Waals surface area contributed by atoms with E-state index in [2.05, 4.69) is 13.8 Å². The lowest BCUT2D eigenvalue weighted by molar-refractivity contribution is 0.103. The molecule has 2 rings (SSSR count). The molecule has 0 radical (unpaired) electrons. The molecule has 19 heavy (non-hydrogen) atoms. The summed E-state index contributed by atoms with van der Waals surface area (Å²) in [5.74, 6) is 0.247. The first-order chi connectivity index (χ1) is 9.02. The summed E-state index contributed by atoms with van der Waals surface area (Å²) in [6.07, 6.45) is 0. The van der Waals surface area contributed by atoms with E-state index in [9.17, 15) is 9.90 Å². The summed E-state index contributed by atoms with van der Waals surface area (Å²) in [6.45, 7) is 6.05. The number of benzene rings is 2. The maximum atomic E-state index is 12.5. The molecular formula is C17H18O2. The van der Waals surface area contributed by atoms with Gasteiger partial charge in [-0.25, -0.2) is 0 Å². The second kappa shape index (κ2) is 5.27. The van der Waals surface area contributed by atoms with Crippen molar-refractivity contribution < 1.29 is 9.90 Å². The number of aromatic hydroxyl groups is 1. The SMILES string of the molecule is Cc1c(C(C)C)ccc(O)c1C(=O)c1ccccc1. The summed E-state index contributed by atoms with van der Waals surface area (Å²) in [5.41, 5.74) is 2.97. The highest BCUT2D eigenvalue weighted by Gasteiger charge is 2.19. The fraction of sp³-hybridized carbons (Fsp3) is 0.235. The third-order valence-corrected chi connectivity index (χ3v) is 3.37. The van der Waals surface area contributed by atoms with Crippen LogP contribution in [0.2, 0.25) is 0 Å². The average molecular weight is 254 g/mol. The number of hydrogen-bond donors (Lipinski definition) is 1. The van der Waals surface area contributed by atoms with Gasteiger partial charge in [-0.1, -0.05) is 50.2 Å². The number of carbonyl (C=O) groups is 1. The zero-order valence-corrected chi connectivity index (χ0v) is 11.5. The Morgan fingerprint density at radius 2 is 1.68 bits per heavy atom. The second-order valence-electron chi connectivity index (χ2n) is 5.02. The van der Waals surface area contributed by atoms with Gasteiger partial charge >= 0.3 is 0 Å². The van der Waals surface area contributed by atoms with Gasteiger partial charge < -0.3 is 5.11 Å². The first-order valence-corrected chi connectivity index (χ1v) is 6.44. The quantitative estimate of drug-likeness (QED) is 0.839. The van der Waals surface area contributed by atoms with Crippen LogP contribution in [0.3, 0.4) is 0 Å². The predicted octanol–water partition coefficient (Wildman–Crippen LogP) is 4.06. The summed E-state index contributed by atoms with van der Waals surface area (Å²) < 4.78 is 0. The van der Waals surface area contributed by atoms with Gasteiger partial charge in [0, 0.05) is 5.56 Å². The molecule has 2 aromatic rings. The van der Waals surface area contributed by atoms with Gasteiger partial charge in [-0.3, -0.25) is 4.79 Å². The van der Waals surface area contributed by atoms with Crippen LogP contribution in [0.5, 0.6) is 5.75 Å². The van der Waals surface area contributed by atoms with Crippen LogP contribution in [-0.4, -0.2) is 10.9 Å². The lowest BCUT2D eigenvalue weighted by atomic mass is 9.90.